The molecule has 1 heterocycles. The summed E-state index contributed by atoms with van der Waals surface area (Å²) in [7, 11) is -7.68. The van der Waals surface area contributed by atoms with E-state index < -0.39 is 25.7 Å². The van der Waals surface area contributed by atoms with Gasteiger partial charge in [0, 0.05) is 77.2 Å². The van der Waals surface area contributed by atoms with Gasteiger partial charge in [0.25, 0.3) is 0 Å². The molecule has 1 aromatic rings. The highest BCUT2D eigenvalue weighted by atomic mass is 32.1. The number of hydrogen-bond donors (Lipinski definition) is 5. The van der Waals surface area contributed by atoms with E-state index in [0.29, 0.717) is 39.0 Å². The normalized spacial score (nSPS) is 22.7. The summed E-state index contributed by atoms with van der Waals surface area (Å²) in [6.45, 7) is 16.5. The van der Waals surface area contributed by atoms with Crippen molar-refractivity contribution in [1.29, 1.82) is 0 Å². The molecule has 54 heavy (non-hydrogen) atoms. The van der Waals surface area contributed by atoms with E-state index in [2.05, 4.69) is 83.3 Å². The van der Waals surface area contributed by atoms with Crippen molar-refractivity contribution < 1.29 is 41.9 Å². The van der Waals surface area contributed by atoms with Crippen LogP contribution in [0.15, 0.2) is 30.3 Å². The molecule has 1 aromatic carbocycles. The Morgan fingerprint density at radius 2 is 1.17 bits per heavy atom. The number of aliphatic hydroxyl groups excluding tert-OH is 3. The molecule has 9 atom stereocenters. The van der Waals surface area contributed by atoms with Crippen LogP contribution in [0.3, 0.4) is 0 Å². The SMILES string of the molecule is CC(CO)CC[Si](CCCS)(OCC(C)CO)OCC(C)CC[Si](CCCS)(OCC(C)CO)OCC(C)CO[Si]1(CCc2ccccc2)CC(C)CO1. The lowest BCUT2D eigenvalue weighted by Gasteiger charge is -2.35. The molecule has 9 unspecified atom stereocenters. The lowest BCUT2D eigenvalue weighted by Crippen LogP contribution is -2.46. The van der Waals surface area contributed by atoms with E-state index in [1.54, 1.807) is 0 Å². The topological polar surface area (TPSA) is 116 Å². The monoisotopic (exact) mass is 850 g/mol. The third-order valence-electron chi connectivity index (χ3n) is 10.5. The van der Waals surface area contributed by atoms with Gasteiger partial charge in [-0.15, -0.1) is 0 Å². The molecular weight excluding hydrogens is 773 g/mol. The van der Waals surface area contributed by atoms with E-state index in [1.165, 1.54) is 5.56 Å². The summed E-state index contributed by atoms with van der Waals surface area (Å²) in [6.07, 6.45) is 4.50. The minimum atomic E-state index is -2.71. The molecule has 0 bridgehead atoms. The largest absolute Gasteiger partial charge is 0.396 e. The summed E-state index contributed by atoms with van der Waals surface area (Å²) >= 11 is 9.08. The Balaban J connectivity index is 2.14. The van der Waals surface area contributed by atoms with Crippen LogP contribution in [0.2, 0.25) is 36.3 Å². The van der Waals surface area contributed by atoms with E-state index in [-0.39, 0.29) is 49.4 Å². The maximum atomic E-state index is 9.87. The first kappa shape index (κ1) is 50.4. The Morgan fingerprint density at radius 1 is 0.685 bits per heavy atom. The molecule has 3 N–H and O–H groups in total. The van der Waals surface area contributed by atoms with Crippen molar-refractivity contribution in [1.82, 2.24) is 0 Å². The summed E-state index contributed by atoms with van der Waals surface area (Å²) in [5, 5.41) is 29.4. The first-order valence-corrected chi connectivity index (χ1v) is 28.7. The first-order chi connectivity index (χ1) is 25.9. The first-order valence-electron chi connectivity index (χ1n) is 20.8. The Bertz CT molecular complexity index is 1070. The van der Waals surface area contributed by atoms with Crippen LogP contribution in [0.4, 0.5) is 0 Å². The van der Waals surface area contributed by atoms with E-state index in [1.807, 2.05) is 13.8 Å². The zero-order valence-corrected chi connectivity index (χ0v) is 39.4. The highest BCUT2D eigenvalue weighted by Crippen LogP contribution is 2.34. The lowest BCUT2D eigenvalue weighted by molar-refractivity contribution is 0.0911. The van der Waals surface area contributed by atoms with Crippen LogP contribution in [-0.2, 0) is 33.0 Å². The average Bonchev–Trinajstić information content (AvgIpc) is 3.58. The molecule has 0 aliphatic carbocycles. The summed E-state index contributed by atoms with van der Waals surface area (Å²) in [5.74, 6) is 2.67. The molecule has 1 saturated heterocycles. The zero-order chi connectivity index (χ0) is 39.9. The number of thiol groups is 2. The fraction of sp³-hybridized carbons (Fsp3) is 0.850. The number of rotatable bonds is 33. The Kier molecular flexibility index (Phi) is 25.9. The van der Waals surface area contributed by atoms with Gasteiger partial charge in [-0.1, -0.05) is 71.9 Å². The van der Waals surface area contributed by atoms with Crippen molar-refractivity contribution in [3.8, 4) is 0 Å². The van der Waals surface area contributed by atoms with Gasteiger partial charge in [0.2, 0.25) is 0 Å². The number of benzene rings is 1. The molecule has 14 heteroatoms. The van der Waals surface area contributed by atoms with Gasteiger partial charge in [-0.25, -0.2) is 0 Å². The molecule has 9 nitrogen and oxygen atoms in total. The van der Waals surface area contributed by atoms with Gasteiger partial charge in [-0.05, 0) is 103 Å². The van der Waals surface area contributed by atoms with Gasteiger partial charge in [0.1, 0.15) is 0 Å². The highest BCUT2D eigenvalue weighted by Gasteiger charge is 2.45. The molecule has 0 radical (unpaired) electrons. The van der Waals surface area contributed by atoms with Crippen LogP contribution >= 0.6 is 25.3 Å². The van der Waals surface area contributed by atoms with Gasteiger partial charge >= 0.3 is 25.7 Å². The van der Waals surface area contributed by atoms with Gasteiger partial charge in [0.15, 0.2) is 0 Å². The van der Waals surface area contributed by atoms with Crippen molar-refractivity contribution in [2.45, 2.75) is 110 Å². The van der Waals surface area contributed by atoms with Crippen LogP contribution in [0.1, 0.15) is 72.8 Å². The standard InChI is InChI=1S/C40H78O9S2Si3/c1-34(24-41)14-21-52(19-10-17-50,45-28-36(3)25-42)44-27-35(2)15-22-53(20-11-18-51,46-29-37(4)26-43)47-30-38(5)31-48-54(33-39(6)32-49-54)23-16-40-12-8-7-9-13-40/h7-9,12-13,34-39,41-43,50-51H,10-11,14-33H2,1-6H3. The van der Waals surface area contributed by atoms with Gasteiger partial charge < -0.3 is 41.9 Å². The van der Waals surface area contributed by atoms with Gasteiger partial charge in [-0.2, -0.15) is 25.3 Å². The molecule has 1 aliphatic heterocycles. The maximum absolute atomic E-state index is 9.87. The predicted octanol–water partition coefficient (Wildman–Crippen LogP) is 7.88. The number of aryl methyl sites for hydroxylation is 1. The minimum absolute atomic E-state index is 0.0215. The third-order valence-corrected chi connectivity index (χ3v) is 21.9. The van der Waals surface area contributed by atoms with Crippen LogP contribution in [0.5, 0.6) is 0 Å². The number of aliphatic hydroxyl groups is 3. The molecule has 2 rings (SSSR count). The fourth-order valence-electron chi connectivity index (χ4n) is 6.61. The smallest absolute Gasteiger partial charge is 0.338 e. The molecule has 0 spiro atoms. The van der Waals surface area contributed by atoms with Crippen molar-refractivity contribution in [3.63, 3.8) is 0 Å². The predicted molar refractivity (Wildman–Crippen MR) is 234 cm³/mol. The molecule has 0 amide bonds. The Labute approximate surface area is 343 Å². The second kappa shape index (κ2) is 27.8. The Hall–Kier alpha value is 0.211. The van der Waals surface area contributed by atoms with E-state index >= 15 is 0 Å². The van der Waals surface area contributed by atoms with E-state index in [9.17, 15) is 15.3 Å². The zero-order valence-electron chi connectivity index (χ0n) is 34.6. The summed E-state index contributed by atoms with van der Waals surface area (Å²) in [4.78, 5) is 0. The minimum Gasteiger partial charge on any atom is -0.396 e. The second-order valence-corrected chi connectivity index (χ2v) is 27.7. The Morgan fingerprint density at radius 3 is 1.63 bits per heavy atom. The van der Waals surface area contributed by atoms with E-state index in [4.69, 9.17) is 26.6 Å². The van der Waals surface area contributed by atoms with Crippen molar-refractivity contribution >= 4 is 50.9 Å². The van der Waals surface area contributed by atoms with Crippen molar-refractivity contribution in [2.75, 3.05) is 71.0 Å². The maximum Gasteiger partial charge on any atom is 0.338 e. The average molecular weight is 851 g/mol. The van der Waals surface area contributed by atoms with Crippen LogP contribution in [-0.4, -0.2) is 112 Å². The van der Waals surface area contributed by atoms with Gasteiger partial charge in [0.05, 0.1) is 0 Å². The van der Waals surface area contributed by atoms with Crippen LogP contribution < -0.4 is 0 Å². The number of hydrogen-bond acceptors (Lipinski definition) is 11. The molecular formula is C40H78O9S2Si3. The van der Waals surface area contributed by atoms with E-state index in [0.717, 1.165) is 86.5 Å². The molecule has 0 saturated carbocycles. The van der Waals surface area contributed by atoms with Crippen molar-refractivity contribution in [2.24, 2.45) is 35.5 Å². The summed E-state index contributed by atoms with van der Waals surface area (Å²) < 4.78 is 40.5. The molecule has 1 fully saturated rings. The second-order valence-electron chi connectivity index (χ2n) is 16.7. The van der Waals surface area contributed by atoms with Gasteiger partial charge in [-0.3, -0.25) is 0 Å². The lowest BCUT2D eigenvalue weighted by atomic mass is 10.1. The third kappa shape index (κ3) is 19.8. The highest BCUT2D eigenvalue weighted by molar-refractivity contribution is 7.80. The molecule has 316 valence electrons. The van der Waals surface area contributed by atoms with Crippen LogP contribution in [0.25, 0.3) is 0 Å². The molecule has 1 aliphatic rings. The fourth-order valence-corrected chi connectivity index (χ4v) is 18.8. The summed E-state index contributed by atoms with van der Waals surface area (Å²) in [5.41, 5.74) is 1.33. The quantitative estimate of drug-likeness (QED) is 0.0356. The molecule has 0 aromatic heterocycles. The summed E-state index contributed by atoms with van der Waals surface area (Å²) in [6, 6.07) is 15.9. The van der Waals surface area contributed by atoms with Crippen LogP contribution in [0, 0.1) is 35.5 Å². The van der Waals surface area contributed by atoms with Crippen molar-refractivity contribution in [3.05, 3.63) is 35.9 Å².